The Hall–Kier alpha value is -2.23. The van der Waals surface area contributed by atoms with Crippen LogP contribution in [0.1, 0.15) is 35.4 Å². The summed E-state index contributed by atoms with van der Waals surface area (Å²) in [5, 5.41) is 8.07. The van der Waals surface area contributed by atoms with E-state index in [2.05, 4.69) is 26.3 Å². The van der Waals surface area contributed by atoms with Gasteiger partial charge in [0.25, 0.3) is 5.91 Å². The number of nitrogens with one attached hydrogen (secondary N) is 1. The predicted molar refractivity (Wildman–Crippen MR) is 126 cm³/mol. The maximum absolute atomic E-state index is 12.9. The van der Waals surface area contributed by atoms with Gasteiger partial charge in [0.1, 0.15) is 11.4 Å². The van der Waals surface area contributed by atoms with Crippen molar-refractivity contribution in [2.75, 3.05) is 20.3 Å². The molecule has 0 spiro atoms. The van der Waals surface area contributed by atoms with Crippen LogP contribution in [-0.4, -0.2) is 52.1 Å². The molecule has 164 valence electrons. The predicted octanol–water partition coefficient (Wildman–Crippen LogP) is 3.56. The number of aromatic nitrogens is 2. The van der Waals surface area contributed by atoms with Crippen molar-refractivity contribution < 1.29 is 14.3 Å². The van der Waals surface area contributed by atoms with Gasteiger partial charge in [0.15, 0.2) is 5.11 Å². The molecule has 2 aliphatic rings. The quantitative estimate of drug-likeness (QED) is 0.479. The van der Waals surface area contributed by atoms with E-state index in [1.165, 1.54) is 0 Å². The summed E-state index contributed by atoms with van der Waals surface area (Å²) in [4.78, 5) is 14.5. The minimum atomic E-state index is -0.125. The Labute approximate surface area is 195 Å². The van der Waals surface area contributed by atoms with Crippen molar-refractivity contribution in [2.45, 2.75) is 39.3 Å². The van der Waals surface area contributed by atoms with Gasteiger partial charge in [-0.05, 0) is 78.6 Å². The SMILES string of the molecule is COc1ccc(/C=C2/NC(=S)N(CC3CCCO3)C2=O)cc1Cn1nc(C)c(Br)c1C. The molecule has 0 saturated carbocycles. The molecule has 2 aromatic rings. The summed E-state index contributed by atoms with van der Waals surface area (Å²) in [5.74, 6) is 0.646. The summed E-state index contributed by atoms with van der Waals surface area (Å²) in [7, 11) is 1.65. The smallest absolute Gasteiger partial charge is 0.276 e. The van der Waals surface area contributed by atoms with E-state index in [1.54, 1.807) is 12.0 Å². The monoisotopic (exact) mass is 504 g/mol. The van der Waals surface area contributed by atoms with Crippen LogP contribution in [0, 0.1) is 13.8 Å². The van der Waals surface area contributed by atoms with Gasteiger partial charge in [0.2, 0.25) is 0 Å². The molecule has 0 bridgehead atoms. The van der Waals surface area contributed by atoms with E-state index in [1.807, 2.05) is 42.8 Å². The van der Waals surface area contributed by atoms with Gasteiger partial charge in [-0.2, -0.15) is 5.10 Å². The Balaban J connectivity index is 1.57. The first-order valence-corrected chi connectivity index (χ1v) is 11.4. The summed E-state index contributed by atoms with van der Waals surface area (Å²) in [6.07, 6.45) is 3.85. The van der Waals surface area contributed by atoms with Crippen molar-refractivity contribution in [3.8, 4) is 5.75 Å². The molecule has 1 amide bonds. The molecule has 1 atom stereocenters. The zero-order valence-corrected chi connectivity index (χ0v) is 20.2. The molecule has 9 heteroatoms. The molecule has 7 nitrogen and oxygen atoms in total. The Morgan fingerprint density at radius 1 is 1.42 bits per heavy atom. The van der Waals surface area contributed by atoms with Crippen LogP contribution in [0.15, 0.2) is 28.4 Å². The summed E-state index contributed by atoms with van der Waals surface area (Å²) < 4.78 is 14.1. The van der Waals surface area contributed by atoms with Crippen molar-refractivity contribution in [3.63, 3.8) is 0 Å². The third-order valence-corrected chi connectivity index (χ3v) is 7.07. The van der Waals surface area contributed by atoms with Gasteiger partial charge in [0.05, 0.1) is 42.2 Å². The molecule has 2 fully saturated rings. The molecule has 1 N–H and O–H groups in total. The molecule has 1 unspecified atom stereocenters. The standard InChI is InChI=1S/C22H25BrN4O3S/c1-13-20(23)14(2)27(25-13)11-16-9-15(6-7-19(16)29-3)10-18-21(28)26(22(31)24-18)12-17-5-4-8-30-17/h6-7,9-10,17H,4-5,8,11-12H2,1-3H3,(H,24,31)/b18-10+. The molecule has 31 heavy (non-hydrogen) atoms. The minimum Gasteiger partial charge on any atom is -0.496 e. The second-order valence-electron chi connectivity index (χ2n) is 7.75. The second-order valence-corrected chi connectivity index (χ2v) is 8.93. The van der Waals surface area contributed by atoms with Crippen LogP contribution in [0.25, 0.3) is 6.08 Å². The number of amides is 1. The summed E-state index contributed by atoms with van der Waals surface area (Å²) in [6.45, 7) is 5.78. The van der Waals surface area contributed by atoms with Gasteiger partial charge < -0.3 is 14.8 Å². The zero-order valence-electron chi connectivity index (χ0n) is 17.8. The first-order valence-electron chi connectivity index (χ1n) is 10.2. The maximum atomic E-state index is 12.9. The maximum Gasteiger partial charge on any atom is 0.276 e. The molecule has 1 aromatic heterocycles. The van der Waals surface area contributed by atoms with E-state index in [4.69, 9.17) is 21.7 Å². The summed E-state index contributed by atoms with van der Waals surface area (Å²) in [5.41, 5.74) is 4.31. The molecule has 0 aliphatic carbocycles. The largest absolute Gasteiger partial charge is 0.496 e. The molecule has 2 aliphatic heterocycles. The number of halogens is 1. The van der Waals surface area contributed by atoms with E-state index in [0.29, 0.717) is 23.9 Å². The zero-order chi connectivity index (χ0) is 22.1. The van der Waals surface area contributed by atoms with Crippen molar-refractivity contribution >= 4 is 45.2 Å². The van der Waals surface area contributed by atoms with Crippen molar-refractivity contribution in [2.24, 2.45) is 0 Å². The number of carbonyl (C=O) groups excluding carboxylic acids is 1. The third kappa shape index (κ3) is 4.53. The first kappa shape index (κ1) is 22.0. The van der Waals surface area contributed by atoms with Crippen LogP contribution in [0.5, 0.6) is 5.75 Å². The number of rotatable bonds is 6. The van der Waals surface area contributed by atoms with E-state index in [9.17, 15) is 4.79 Å². The number of aryl methyl sites for hydroxylation is 1. The first-order chi connectivity index (χ1) is 14.9. The van der Waals surface area contributed by atoms with Crippen molar-refractivity contribution in [1.29, 1.82) is 0 Å². The lowest BCUT2D eigenvalue weighted by molar-refractivity contribution is -0.123. The average molecular weight is 505 g/mol. The highest BCUT2D eigenvalue weighted by Gasteiger charge is 2.33. The van der Waals surface area contributed by atoms with Crippen molar-refractivity contribution in [3.05, 3.63) is 50.9 Å². The number of hydrogen-bond acceptors (Lipinski definition) is 5. The lowest BCUT2D eigenvalue weighted by Crippen LogP contribution is -2.37. The highest BCUT2D eigenvalue weighted by molar-refractivity contribution is 9.10. The van der Waals surface area contributed by atoms with Crippen LogP contribution in [-0.2, 0) is 16.1 Å². The molecular formula is C22H25BrN4O3S. The van der Waals surface area contributed by atoms with Crippen molar-refractivity contribution in [1.82, 2.24) is 20.0 Å². The fourth-order valence-electron chi connectivity index (χ4n) is 3.90. The molecule has 4 rings (SSSR count). The number of benzene rings is 1. The third-order valence-electron chi connectivity index (χ3n) is 5.60. The van der Waals surface area contributed by atoms with Gasteiger partial charge in [-0.1, -0.05) is 6.07 Å². The average Bonchev–Trinajstić information content (AvgIpc) is 3.42. The van der Waals surface area contributed by atoms with E-state index < -0.39 is 0 Å². The second kappa shape index (κ2) is 9.10. The molecule has 2 saturated heterocycles. The fraction of sp³-hybridized carbons (Fsp3) is 0.409. The van der Waals surface area contributed by atoms with Crippen LogP contribution in [0.3, 0.4) is 0 Å². The number of ether oxygens (including phenoxy) is 2. The Kier molecular flexibility index (Phi) is 6.45. The Morgan fingerprint density at radius 3 is 2.87 bits per heavy atom. The number of nitrogens with zero attached hydrogens (tertiary/aromatic N) is 3. The van der Waals surface area contributed by atoms with E-state index in [-0.39, 0.29) is 12.0 Å². The van der Waals surface area contributed by atoms with Crippen LogP contribution in [0.2, 0.25) is 0 Å². The topological polar surface area (TPSA) is 68.6 Å². The number of hydrogen-bond donors (Lipinski definition) is 1. The van der Waals surface area contributed by atoms with Gasteiger partial charge in [0, 0.05) is 12.2 Å². The fourth-order valence-corrected chi connectivity index (χ4v) is 4.45. The Morgan fingerprint density at radius 2 is 2.23 bits per heavy atom. The summed E-state index contributed by atoms with van der Waals surface area (Å²) in [6, 6.07) is 5.84. The lowest BCUT2D eigenvalue weighted by Gasteiger charge is -2.18. The van der Waals surface area contributed by atoms with Gasteiger partial charge in [-0.25, -0.2) is 0 Å². The number of methoxy groups -OCH3 is 1. The lowest BCUT2D eigenvalue weighted by atomic mass is 10.1. The molecule has 1 aromatic carbocycles. The van der Waals surface area contributed by atoms with E-state index in [0.717, 1.165) is 52.2 Å². The van der Waals surface area contributed by atoms with Crippen LogP contribution >= 0.6 is 28.1 Å². The Bertz CT molecular complexity index is 1060. The van der Waals surface area contributed by atoms with Crippen LogP contribution < -0.4 is 10.1 Å². The number of carbonyl (C=O) groups is 1. The molecular weight excluding hydrogens is 480 g/mol. The normalized spacial score (nSPS) is 20.1. The molecule has 0 radical (unpaired) electrons. The summed E-state index contributed by atoms with van der Waals surface area (Å²) >= 11 is 8.96. The number of thiocarbonyl (C=S) groups is 1. The van der Waals surface area contributed by atoms with Gasteiger partial charge in [-0.3, -0.25) is 14.4 Å². The van der Waals surface area contributed by atoms with E-state index >= 15 is 0 Å². The van der Waals surface area contributed by atoms with Gasteiger partial charge in [-0.15, -0.1) is 0 Å². The molecule has 3 heterocycles. The van der Waals surface area contributed by atoms with Crippen LogP contribution in [0.4, 0.5) is 0 Å². The van der Waals surface area contributed by atoms with Gasteiger partial charge >= 0.3 is 0 Å². The highest BCUT2D eigenvalue weighted by Crippen LogP contribution is 2.26. The highest BCUT2D eigenvalue weighted by atomic mass is 79.9. The minimum absolute atomic E-state index is 0.0516.